The summed E-state index contributed by atoms with van der Waals surface area (Å²) in [5, 5.41) is 18.0. The summed E-state index contributed by atoms with van der Waals surface area (Å²) in [4.78, 5) is 20.5. The molecule has 1 aliphatic heterocycles. The smallest absolute Gasteiger partial charge is 0.225 e. The van der Waals surface area contributed by atoms with Crippen molar-refractivity contribution in [3.05, 3.63) is 23.9 Å². The number of nitrogens with zero attached hydrogens (tertiary/aromatic N) is 4. The fourth-order valence-corrected chi connectivity index (χ4v) is 2.56. The van der Waals surface area contributed by atoms with Crippen LogP contribution in [-0.4, -0.2) is 65.9 Å². The third-order valence-electron chi connectivity index (χ3n) is 3.92. The highest BCUT2D eigenvalue weighted by atomic mass is 16.5. The SMILES string of the molecule is C[C@H](O)CO[C@@H](C)CC(=O)N1CCN(c2ccc(C#N)cn2)CC1. The number of nitriles is 1. The summed E-state index contributed by atoms with van der Waals surface area (Å²) in [6, 6.07) is 5.64. The molecule has 2 heterocycles. The summed E-state index contributed by atoms with van der Waals surface area (Å²) in [6.07, 6.45) is 1.16. The van der Waals surface area contributed by atoms with Gasteiger partial charge < -0.3 is 19.6 Å². The maximum atomic E-state index is 12.3. The van der Waals surface area contributed by atoms with Gasteiger partial charge in [0.15, 0.2) is 0 Å². The topological polar surface area (TPSA) is 89.7 Å². The third-order valence-corrected chi connectivity index (χ3v) is 3.92. The van der Waals surface area contributed by atoms with Crippen LogP contribution < -0.4 is 4.90 Å². The zero-order valence-corrected chi connectivity index (χ0v) is 14.2. The van der Waals surface area contributed by atoms with Crippen molar-refractivity contribution in [2.45, 2.75) is 32.5 Å². The van der Waals surface area contributed by atoms with Gasteiger partial charge in [0.2, 0.25) is 5.91 Å². The lowest BCUT2D eigenvalue weighted by Crippen LogP contribution is -2.49. The Bertz CT molecular complexity index is 574. The Morgan fingerprint density at radius 2 is 2.08 bits per heavy atom. The first kappa shape index (κ1) is 18.2. The van der Waals surface area contributed by atoms with E-state index in [4.69, 9.17) is 10.00 Å². The summed E-state index contributed by atoms with van der Waals surface area (Å²) >= 11 is 0. The van der Waals surface area contributed by atoms with Crippen LogP contribution in [-0.2, 0) is 9.53 Å². The Morgan fingerprint density at radius 3 is 2.62 bits per heavy atom. The molecule has 1 aromatic rings. The second kappa shape index (κ2) is 8.62. The molecule has 24 heavy (non-hydrogen) atoms. The number of hydrogen-bond acceptors (Lipinski definition) is 6. The van der Waals surface area contributed by atoms with Gasteiger partial charge in [-0.3, -0.25) is 4.79 Å². The molecule has 1 saturated heterocycles. The van der Waals surface area contributed by atoms with Crippen molar-refractivity contribution in [3.8, 4) is 6.07 Å². The van der Waals surface area contributed by atoms with Crippen LogP contribution in [0.25, 0.3) is 0 Å². The minimum atomic E-state index is -0.522. The first-order valence-corrected chi connectivity index (χ1v) is 8.18. The lowest BCUT2D eigenvalue weighted by molar-refractivity contribution is -0.134. The zero-order valence-electron chi connectivity index (χ0n) is 14.2. The molecule has 1 aliphatic rings. The predicted molar refractivity (Wildman–Crippen MR) is 89.5 cm³/mol. The average Bonchev–Trinajstić information content (AvgIpc) is 2.60. The molecule has 2 atom stereocenters. The number of piperazine rings is 1. The van der Waals surface area contributed by atoms with E-state index in [1.54, 1.807) is 19.2 Å². The van der Waals surface area contributed by atoms with Crippen molar-refractivity contribution in [1.82, 2.24) is 9.88 Å². The monoisotopic (exact) mass is 332 g/mol. The van der Waals surface area contributed by atoms with Gasteiger partial charge in [-0.25, -0.2) is 4.98 Å². The summed E-state index contributed by atoms with van der Waals surface area (Å²) in [7, 11) is 0. The second-order valence-electron chi connectivity index (χ2n) is 6.08. The average molecular weight is 332 g/mol. The van der Waals surface area contributed by atoms with Gasteiger partial charge in [-0.1, -0.05) is 0 Å². The number of carbonyl (C=O) groups is 1. The number of aliphatic hydroxyl groups is 1. The number of ether oxygens (including phenoxy) is 1. The number of rotatable bonds is 6. The van der Waals surface area contributed by atoms with E-state index < -0.39 is 6.10 Å². The van der Waals surface area contributed by atoms with Gasteiger partial charge in [0, 0.05) is 32.4 Å². The molecular formula is C17H24N4O3. The number of carbonyl (C=O) groups excluding carboxylic acids is 1. The molecule has 1 fully saturated rings. The Kier molecular flexibility index (Phi) is 6.53. The number of hydrogen-bond donors (Lipinski definition) is 1. The van der Waals surface area contributed by atoms with E-state index in [1.807, 2.05) is 17.9 Å². The molecular weight excluding hydrogens is 308 g/mol. The summed E-state index contributed by atoms with van der Waals surface area (Å²) in [5.41, 5.74) is 0.541. The summed E-state index contributed by atoms with van der Waals surface area (Å²) in [5.74, 6) is 0.898. The molecule has 7 heteroatoms. The van der Waals surface area contributed by atoms with E-state index in [1.165, 1.54) is 0 Å². The van der Waals surface area contributed by atoms with Gasteiger partial charge in [0.25, 0.3) is 0 Å². The van der Waals surface area contributed by atoms with Gasteiger partial charge in [-0.05, 0) is 26.0 Å². The van der Waals surface area contributed by atoms with Crippen molar-refractivity contribution < 1.29 is 14.6 Å². The minimum Gasteiger partial charge on any atom is -0.391 e. The van der Waals surface area contributed by atoms with E-state index in [0.29, 0.717) is 38.2 Å². The number of anilines is 1. The molecule has 1 N–H and O–H groups in total. The molecule has 0 radical (unpaired) electrons. The maximum absolute atomic E-state index is 12.3. The van der Waals surface area contributed by atoms with E-state index >= 15 is 0 Å². The Labute approximate surface area is 142 Å². The second-order valence-corrected chi connectivity index (χ2v) is 6.08. The van der Waals surface area contributed by atoms with Gasteiger partial charge in [0.05, 0.1) is 30.8 Å². The van der Waals surface area contributed by atoms with Crippen molar-refractivity contribution in [2.75, 3.05) is 37.7 Å². The Hall–Kier alpha value is -2.17. The van der Waals surface area contributed by atoms with E-state index in [2.05, 4.69) is 16.0 Å². The maximum Gasteiger partial charge on any atom is 0.225 e. The van der Waals surface area contributed by atoms with Crippen LogP contribution >= 0.6 is 0 Å². The summed E-state index contributed by atoms with van der Waals surface area (Å²) in [6.45, 7) is 6.46. The first-order valence-electron chi connectivity index (χ1n) is 8.18. The lowest BCUT2D eigenvalue weighted by Gasteiger charge is -2.35. The first-order chi connectivity index (χ1) is 11.5. The highest BCUT2D eigenvalue weighted by molar-refractivity contribution is 5.77. The van der Waals surface area contributed by atoms with Gasteiger partial charge in [-0.15, -0.1) is 0 Å². The molecule has 0 aliphatic carbocycles. The summed E-state index contributed by atoms with van der Waals surface area (Å²) < 4.78 is 5.43. The highest BCUT2D eigenvalue weighted by Gasteiger charge is 2.23. The Morgan fingerprint density at radius 1 is 1.38 bits per heavy atom. The largest absolute Gasteiger partial charge is 0.391 e. The third kappa shape index (κ3) is 5.18. The van der Waals surface area contributed by atoms with E-state index in [-0.39, 0.29) is 18.6 Å². The van der Waals surface area contributed by atoms with E-state index in [9.17, 15) is 9.90 Å². The van der Waals surface area contributed by atoms with Crippen LogP contribution in [0.1, 0.15) is 25.8 Å². The minimum absolute atomic E-state index is 0.0699. The van der Waals surface area contributed by atoms with Gasteiger partial charge in [0.1, 0.15) is 11.9 Å². The molecule has 1 aromatic heterocycles. The molecule has 2 rings (SSSR count). The molecule has 0 saturated carbocycles. The number of aliphatic hydroxyl groups excluding tert-OH is 1. The lowest BCUT2D eigenvalue weighted by atomic mass is 10.2. The van der Waals surface area contributed by atoms with Crippen LogP contribution in [0.4, 0.5) is 5.82 Å². The van der Waals surface area contributed by atoms with Crippen LogP contribution in [0.2, 0.25) is 0 Å². The van der Waals surface area contributed by atoms with Crippen LogP contribution in [0, 0.1) is 11.3 Å². The van der Waals surface area contributed by atoms with Crippen molar-refractivity contribution in [3.63, 3.8) is 0 Å². The Balaban J connectivity index is 1.79. The van der Waals surface area contributed by atoms with Gasteiger partial charge in [-0.2, -0.15) is 5.26 Å². The molecule has 1 amide bonds. The number of aromatic nitrogens is 1. The molecule has 0 spiro atoms. The van der Waals surface area contributed by atoms with Gasteiger partial charge >= 0.3 is 0 Å². The number of pyridine rings is 1. The van der Waals surface area contributed by atoms with E-state index in [0.717, 1.165) is 5.82 Å². The van der Waals surface area contributed by atoms with Crippen molar-refractivity contribution in [1.29, 1.82) is 5.26 Å². The van der Waals surface area contributed by atoms with Crippen molar-refractivity contribution >= 4 is 11.7 Å². The molecule has 0 bridgehead atoms. The zero-order chi connectivity index (χ0) is 17.5. The van der Waals surface area contributed by atoms with Crippen LogP contribution in [0.5, 0.6) is 0 Å². The molecule has 0 unspecified atom stereocenters. The predicted octanol–water partition coefficient (Wildman–Crippen LogP) is 0.778. The quantitative estimate of drug-likeness (QED) is 0.828. The van der Waals surface area contributed by atoms with Crippen LogP contribution in [0.15, 0.2) is 18.3 Å². The fourth-order valence-electron chi connectivity index (χ4n) is 2.56. The highest BCUT2D eigenvalue weighted by Crippen LogP contribution is 2.15. The fraction of sp³-hybridized carbons (Fsp3) is 0.588. The molecule has 0 aromatic carbocycles. The van der Waals surface area contributed by atoms with Crippen LogP contribution in [0.3, 0.4) is 0 Å². The normalized spacial score (nSPS) is 17.2. The standard InChI is InChI=1S/C17H24N4O3/c1-13(22)12-24-14(2)9-17(23)21-7-5-20(6-8-21)16-4-3-15(10-18)11-19-16/h3-4,11,13-14,22H,5-9,12H2,1-2H3/t13-,14-/m0/s1. The number of amides is 1. The molecule has 130 valence electrons. The van der Waals surface area contributed by atoms with Crippen molar-refractivity contribution in [2.24, 2.45) is 0 Å². The molecule has 7 nitrogen and oxygen atoms in total.